The van der Waals surface area contributed by atoms with E-state index in [1.54, 1.807) is 30.3 Å². The van der Waals surface area contributed by atoms with Crippen molar-refractivity contribution in [3.8, 4) is 5.75 Å². The first-order valence-electron chi connectivity index (χ1n) is 6.94. The zero-order valence-corrected chi connectivity index (χ0v) is 13.9. The summed E-state index contributed by atoms with van der Waals surface area (Å²) in [6.45, 7) is 4.84. The van der Waals surface area contributed by atoms with Crippen molar-refractivity contribution in [2.45, 2.75) is 13.8 Å². The minimum Gasteiger partial charge on any atom is -0.493 e. The van der Waals surface area contributed by atoms with Crippen LogP contribution in [0.3, 0.4) is 0 Å². The molecule has 1 N–H and O–H groups in total. The first-order chi connectivity index (χ1) is 10.4. The fraction of sp³-hybridized carbons (Fsp3) is 0.235. The van der Waals surface area contributed by atoms with Crippen LogP contribution in [-0.4, -0.2) is 12.5 Å². The molecule has 22 heavy (non-hydrogen) atoms. The van der Waals surface area contributed by atoms with E-state index in [1.165, 1.54) is 0 Å². The molecule has 0 aliphatic carbocycles. The average Bonchev–Trinajstić information content (AvgIpc) is 2.45. The van der Waals surface area contributed by atoms with Crippen LogP contribution in [0.2, 0.25) is 10.0 Å². The van der Waals surface area contributed by atoms with Gasteiger partial charge in [0.2, 0.25) is 0 Å². The largest absolute Gasteiger partial charge is 0.493 e. The Morgan fingerprint density at radius 2 is 1.68 bits per heavy atom. The van der Waals surface area contributed by atoms with Crippen molar-refractivity contribution in [1.82, 2.24) is 0 Å². The zero-order chi connectivity index (χ0) is 16.1. The molecular formula is C17H17Cl2NO2. The van der Waals surface area contributed by atoms with Gasteiger partial charge in [-0.2, -0.15) is 0 Å². The van der Waals surface area contributed by atoms with Crippen LogP contribution in [0.25, 0.3) is 0 Å². The Balaban J connectivity index is 2.02. The normalized spacial score (nSPS) is 10.6. The lowest BCUT2D eigenvalue weighted by Crippen LogP contribution is -2.12. The van der Waals surface area contributed by atoms with Gasteiger partial charge in [0.15, 0.2) is 0 Å². The van der Waals surface area contributed by atoms with E-state index in [0.717, 1.165) is 5.75 Å². The summed E-state index contributed by atoms with van der Waals surface area (Å²) in [6, 6.07) is 12.0. The maximum atomic E-state index is 12.2. The van der Waals surface area contributed by atoms with E-state index in [2.05, 4.69) is 19.2 Å². The maximum Gasteiger partial charge on any atom is 0.255 e. The first-order valence-corrected chi connectivity index (χ1v) is 7.70. The lowest BCUT2D eigenvalue weighted by atomic mass is 10.2. The van der Waals surface area contributed by atoms with Gasteiger partial charge in [0.25, 0.3) is 5.91 Å². The van der Waals surface area contributed by atoms with Crippen molar-refractivity contribution in [3.63, 3.8) is 0 Å². The van der Waals surface area contributed by atoms with E-state index in [0.29, 0.717) is 33.8 Å². The summed E-state index contributed by atoms with van der Waals surface area (Å²) in [5.41, 5.74) is 1.09. The Hall–Kier alpha value is -1.71. The Morgan fingerprint density at radius 1 is 1.09 bits per heavy atom. The Bertz CT molecular complexity index is 634. The smallest absolute Gasteiger partial charge is 0.255 e. The summed E-state index contributed by atoms with van der Waals surface area (Å²) in [5.74, 6) is 0.977. The Labute approximate surface area is 140 Å². The van der Waals surface area contributed by atoms with E-state index >= 15 is 0 Å². The molecule has 0 bridgehead atoms. The monoisotopic (exact) mass is 337 g/mol. The van der Waals surface area contributed by atoms with Crippen LogP contribution in [0, 0.1) is 5.92 Å². The van der Waals surface area contributed by atoms with Gasteiger partial charge in [0.1, 0.15) is 5.75 Å². The van der Waals surface area contributed by atoms with Crippen molar-refractivity contribution in [2.24, 2.45) is 5.92 Å². The minimum absolute atomic E-state index is 0.264. The second-order valence-corrected chi connectivity index (χ2v) is 6.21. The van der Waals surface area contributed by atoms with Crippen LogP contribution in [0.5, 0.6) is 5.75 Å². The summed E-state index contributed by atoms with van der Waals surface area (Å²) >= 11 is 11.8. The van der Waals surface area contributed by atoms with Gasteiger partial charge in [-0.25, -0.2) is 0 Å². The molecule has 2 aromatic rings. The van der Waals surface area contributed by atoms with Gasteiger partial charge in [0.05, 0.1) is 6.61 Å². The summed E-state index contributed by atoms with van der Waals surface area (Å²) in [7, 11) is 0. The fourth-order valence-corrected chi connectivity index (χ4v) is 2.31. The molecule has 0 radical (unpaired) electrons. The van der Waals surface area contributed by atoms with Crippen LogP contribution < -0.4 is 10.1 Å². The second-order valence-electron chi connectivity index (χ2n) is 5.34. The summed E-state index contributed by atoms with van der Waals surface area (Å²) in [5, 5.41) is 3.64. The highest BCUT2D eigenvalue weighted by Crippen LogP contribution is 2.21. The summed E-state index contributed by atoms with van der Waals surface area (Å²) < 4.78 is 5.60. The van der Waals surface area contributed by atoms with Gasteiger partial charge in [-0.1, -0.05) is 37.0 Å². The number of ether oxygens (including phenoxy) is 1. The number of rotatable bonds is 5. The Morgan fingerprint density at radius 3 is 2.23 bits per heavy atom. The van der Waals surface area contributed by atoms with Gasteiger partial charge in [-0.15, -0.1) is 0 Å². The number of nitrogens with one attached hydrogen (secondary N) is 1. The topological polar surface area (TPSA) is 38.3 Å². The number of anilines is 1. The van der Waals surface area contributed by atoms with Crippen LogP contribution in [-0.2, 0) is 0 Å². The molecule has 2 aromatic carbocycles. The minimum atomic E-state index is -0.264. The van der Waals surface area contributed by atoms with E-state index in [-0.39, 0.29) is 5.91 Å². The quantitative estimate of drug-likeness (QED) is 0.805. The molecule has 0 aliphatic heterocycles. The lowest BCUT2D eigenvalue weighted by Gasteiger charge is -2.10. The third-order valence-electron chi connectivity index (χ3n) is 2.82. The third kappa shape index (κ3) is 4.93. The molecule has 0 aromatic heterocycles. The van der Waals surface area contributed by atoms with E-state index in [4.69, 9.17) is 27.9 Å². The molecule has 0 unspecified atom stereocenters. The van der Waals surface area contributed by atoms with Crippen molar-refractivity contribution in [2.75, 3.05) is 11.9 Å². The van der Waals surface area contributed by atoms with Crippen molar-refractivity contribution >= 4 is 34.8 Å². The number of carbonyl (C=O) groups is 1. The lowest BCUT2D eigenvalue weighted by molar-refractivity contribution is 0.102. The van der Waals surface area contributed by atoms with Gasteiger partial charge in [-0.05, 0) is 48.4 Å². The molecular weight excluding hydrogens is 321 g/mol. The highest BCUT2D eigenvalue weighted by molar-refractivity contribution is 6.35. The number of halogens is 2. The molecule has 1 amide bonds. The fourth-order valence-electron chi connectivity index (χ4n) is 1.79. The molecule has 0 saturated heterocycles. The van der Waals surface area contributed by atoms with Crippen LogP contribution >= 0.6 is 23.2 Å². The maximum absolute atomic E-state index is 12.2. The molecule has 116 valence electrons. The highest BCUT2D eigenvalue weighted by atomic mass is 35.5. The van der Waals surface area contributed by atoms with Crippen molar-refractivity contribution in [1.29, 1.82) is 0 Å². The number of benzene rings is 2. The second kappa shape index (κ2) is 7.52. The van der Waals surface area contributed by atoms with Gasteiger partial charge < -0.3 is 10.1 Å². The first kappa shape index (κ1) is 16.7. The highest BCUT2D eigenvalue weighted by Gasteiger charge is 2.08. The van der Waals surface area contributed by atoms with Gasteiger partial charge >= 0.3 is 0 Å². The molecule has 0 heterocycles. The molecule has 0 fully saturated rings. The number of amides is 1. The third-order valence-corrected chi connectivity index (χ3v) is 3.26. The van der Waals surface area contributed by atoms with Crippen molar-refractivity contribution in [3.05, 3.63) is 58.1 Å². The molecule has 2 rings (SSSR count). The van der Waals surface area contributed by atoms with E-state index in [1.807, 2.05) is 12.1 Å². The zero-order valence-electron chi connectivity index (χ0n) is 12.4. The van der Waals surface area contributed by atoms with Crippen LogP contribution in [0.4, 0.5) is 5.69 Å². The molecule has 5 heteroatoms. The van der Waals surface area contributed by atoms with E-state index < -0.39 is 0 Å². The van der Waals surface area contributed by atoms with Gasteiger partial charge in [0, 0.05) is 21.3 Å². The van der Waals surface area contributed by atoms with Gasteiger partial charge in [-0.3, -0.25) is 4.79 Å². The predicted molar refractivity (Wildman–Crippen MR) is 91.2 cm³/mol. The molecule has 0 saturated carbocycles. The SMILES string of the molecule is CC(C)COc1ccc(NC(=O)c2cc(Cl)cc(Cl)c2)cc1. The molecule has 0 aliphatic rings. The summed E-state index contributed by atoms with van der Waals surface area (Å²) in [4.78, 5) is 12.2. The Kier molecular flexibility index (Phi) is 5.69. The average molecular weight is 338 g/mol. The predicted octanol–water partition coefficient (Wildman–Crippen LogP) is 5.28. The van der Waals surface area contributed by atoms with Crippen LogP contribution in [0.1, 0.15) is 24.2 Å². The molecule has 0 atom stereocenters. The van der Waals surface area contributed by atoms with E-state index in [9.17, 15) is 4.79 Å². The van der Waals surface area contributed by atoms with Crippen LogP contribution in [0.15, 0.2) is 42.5 Å². The summed E-state index contributed by atoms with van der Waals surface area (Å²) in [6.07, 6.45) is 0. The number of hydrogen-bond donors (Lipinski definition) is 1. The standard InChI is InChI=1S/C17H17Cl2NO2/c1-11(2)10-22-16-5-3-15(4-6-16)20-17(21)12-7-13(18)9-14(19)8-12/h3-9,11H,10H2,1-2H3,(H,20,21). The molecule has 0 spiro atoms. The molecule has 3 nitrogen and oxygen atoms in total. The number of hydrogen-bond acceptors (Lipinski definition) is 2. The number of carbonyl (C=O) groups excluding carboxylic acids is 1. The van der Waals surface area contributed by atoms with Crippen molar-refractivity contribution < 1.29 is 9.53 Å².